The summed E-state index contributed by atoms with van der Waals surface area (Å²) < 4.78 is 23.8. The predicted octanol–water partition coefficient (Wildman–Crippen LogP) is 3.52. The molecule has 0 bridgehead atoms. The van der Waals surface area contributed by atoms with Crippen molar-refractivity contribution in [2.24, 2.45) is 4.99 Å². The van der Waals surface area contributed by atoms with E-state index in [0.29, 0.717) is 49.8 Å². The Kier molecular flexibility index (Phi) is 8.65. The molecule has 4 rings (SSSR count). The SMILES string of the molecule is CCCC1=C(C(=O)OCC)[C@H](c2cc(OC)ccc2OC)n2c(s/c(=C/c3ccccc3OC(C)=O)c2=O)=N1. The van der Waals surface area contributed by atoms with Gasteiger partial charge >= 0.3 is 11.9 Å². The van der Waals surface area contributed by atoms with E-state index in [-0.39, 0.29) is 17.7 Å². The summed E-state index contributed by atoms with van der Waals surface area (Å²) in [5.41, 5.74) is 1.61. The first-order valence-corrected chi connectivity index (χ1v) is 13.4. The van der Waals surface area contributed by atoms with E-state index in [9.17, 15) is 14.4 Å². The minimum absolute atomic E-state index is 0.168. The van der Waals surface area contributed by atoms with Gasteiger partial charge in [-0.15, -0.1) is 0 Å². The van der Waals surface area contributed by atoms with Crippen molar-refractivity contribution in [3.05, 3.63) is 84.5 Å². The average Bonchev–Trinajstić information content (AvgIpc) is 3.23. The quantitative estimate of drug-likeness (QED) is 0.297. The maximum absolute atomic E-state index is 14.0. The highest BCUT2D eigenvalue weighted by molar-refractivity contribution is 7.07. The number of hydrogen-bond acceptors (Lipinski definition) is 9. The van der Waals surface area contributed by atoms with Crippen molar-refractivity contribution in [1.82, 2.24) is 4.57 Å². The smallest absolute Gasteiger partial charge is 0.338 e. The first-order valence-electron chi connectivity index (χ1n) is 12.5. The maximum atomic E-state index is 14.0. The summed E-state index contributed by atoms with van der Waals surface area (Å²) in [6.07, 6.45) is 2.90. The zero-order valence-electron chi connectivity index (χ0n) is 22.5. The van der Waals surface area contributed by atoms with Crippen LogP contribution in [-0.2, 0) is 14.3 Å². The van der Waals surface area contributed by atoms with E-state index in [2.05, 4.69) is 0 Å². The normalized spacial score (nSPS) is 14.9. The summed E-state index contributed by atoms with van der Waals surface area (Å²) in [6, 6.07) is 11.3. The lowest BCUT2D eigenvalue weighted by Gasteiger charge is -2.27. The van der Waals surface area contributed by atoms with Crippen molar-refractivity contribution in [1.29, 1.82) is 0 Å². The van der Waals surface area contributed by atoms with Crippen molar-refractivity contribution in [2.45, 2.75) is 39.7 Å². The fraction of sp³-hybridized carbons (Fsp3) is 0.310. The van der Waals surface area contributed by atoms with E-state index in [4.69, 9.17) is 23.9 Å². The number of carbonyl (C=O) groups is 2. The molecule has 0 spiro atoms. The predicted molar refractivity (Wildman–Crippen MR) is 147 cm³/mol. The van der Waals surface area contributed by atoms with Gasteiger partial charge in [-0.25, -0.2) is 9.79 Å². The molecule has 1 aliphatic heterocycles. The van der Waals surface area contributed by atoms with E-state index in [1.54, 1.807) is 62.6 Å². The standard InChI is InChI=1S/C29H30N2O7S/c1-6-10-21-25(28(34)37-7-2)26(20-16-19(35-4)13-14-23(20)36-5)31-27(33)24(39-29(31)30-21)15-18-11-8-9-12-22(18)38-17(3)32/h8-9,11-16,26H,6-7,10H2,1-5H3/b24-15+/t26-/m0/s1. The molecule has 10 heteroatoms. The highest BCUT2D eigenvalue weighted by Gasteiger charge is 2.36. The summed E-state index contributed by atoms with van der Waals surface area (Å²) in [5.74, 6) is 0.344. The first kappa shape index (κ1) is 27.8. The molecule has 0 saturated heterocycles. The highest BCUT2D eigenvalue weighted by Crippen LogP contribution is 2.38. The molecule has 9 nitrogen and oxygen atoms in total. The topological polar surface area (TPSA) is 105 Å². The number of esters is 2. The lowest BCUT2D eigenvalue weighted by molar-refractivity contribution is -0.139. The summed E-state index contributed by atoms with van der Waals surface area (Å²) in [4.78, 5) is 44.2. The van der Waals surface area contributed by atoms with Crippen molar-refractivity contribution in [3.63, 3.8) is 0 Å². The first-order chi connectivity index (χ1) is 18.8. The number of thiazole rings is 1. The Morgan fingerprint density at radius 2 is 1.85 bits per heavy atom. The third-order valence-corrected chi connectivity index (χ3v) is 7.07. The van der Waals surface area contributed by atoms with Gasteiger partial charge < -0.3 is 18.9 Å². The molecule has 0 N–H and O–H groups in total. The minimum Gasteiger partial charge on any atom is -0.497 e. The average molecular weight is 551 g/mol. The van der Waals surface area contributed by atoms with Crippen LogP contribution in [0.5, 0.6) is 17.2 Å². The molecule has 0 amide bonds. The molecule has 0 saturated carbocycles. The van der Waals surface area contributed by atoms with Crippen molar-refractivity contribution >= 4 is 29.4 Å². The van der Waals surface area contributed by atoms with Gasteiger partial charge in [-0.2, -0.15) is 0 Å². The fourth-order valence-electron chi connectivity index (χ4n) is 4.46. The van der Waals surface area contributed by atoms with Gasteiger partial charge in [0.15, 0.2) is 4.80 Å². The summed E-state index contributed by atoms with van der Waals surface area (Å²) >= 11 is 1.19. The molecule has 2 heterocycles. The van der Waals surface area contributed by atoms with E-state index in [1.807, 2.05) is 6.92 Å². The molecule has 3 aromatic rings. The van der Waals surface area contributed by atoms with E-state index in [0.717, 1.165) is 6.42 Å². The molecule has 204 valence electrons. The highest BCUT2D eigenvalue weighted by atomic mass is 32.1. The number of carbonyl (C=O) groups excluding carboxylic acids is 2. The molecule has 1 atom stereocenters. The van der Waals surface area contributed by atoms with Crippen LogP contribution in [0.3, 0.4) is 0 Å². The number of benzene rings is 2. The Labute approximate surface area is 229 Å². The van der Waals surface area contributed by atoms with Gasteiger partial charge in [0.25, 0.3) is 5.56 Å². The number of methoxy groups -OCH3 is 2. The Morgan fingerprint density at radius 1 is 1.08 bits per heavy atom. The van der Waals surface area contributed by atoms with Gasteiger partial charge in [0.05, 0.1) is 36.6 Å². The van der Waals surface area contributed by atoms with Crippen LogP contribution in [0.25, 0.3) is 6.08 Å². The van der Waals surface area contributed by atoms with Crippen molar-refractivity contribution in [2.75, 3.05) is 20.8 Å². The second-order valence-electron chi connectivity index (χ2n) is 8.65. The zero-order valence-corrected chi connectivity index (χ0v) is 23.3. The van der Waals surface area contributed by atoms with Crippen LogP contribution in [0.4, 0.5) is 0 Å². The molecule has 39 heavy (non-hydrogen) atoms. The zero-order chi connectivity index (χ0) is 28.1. The number of allylic oxidation sites excluding steroid dienone is 1. The minimum atomic E-state index is -0.863. The van der Waals surface area contributed by atoms with Crippen LogP contribution in [0.15, 0.2) is 63.5 Å². The monoisotopic (exact) mass is 550 g/mol. The number of rotatable bonds is 9. The molecule has 1 aliphatic rings. The van der Waals surface area contributed by atoms with Crippen LogP contribution in [0.1, 0.15) is 50.8 Å². The Balaban J connectivity index is 2.05. The van der Waals surface area contributed by atoms with Crippen molar-refractivity contribution < 1.29 is 28.5 Å². The van der Waals surface area contributed by atoms with Crippen LogP contribution in [-0.4, -0.2) is 37.3 Å². The second-order valence-corrected chi connectivity index (χ2v) is 9.66. The van der Waals surface area contributed by atoms with Gasteiger partial charge in [0.1, 0.15) is 23.3 Å². The number of ether oxygens (including phenoxy) is 4. The summed E-state index contributed by atoms with van der Waals surface area (Å²) in [6.45, 7) is 5.21. The molecule has 0 radical (unpaired) electrons. The Bertz CT molecular complexity index is 1620. The molecule has 1 aromatic heterocycles. The molecule has 0 fully saturated rings. The molecule has 0 unspecified atom stereocenters. The van der Waals surface area contributed by atoms with Gasteiger partial charge in [-0.3, -0.25) is 14.2 Å². The van der Waals surface area contributed by atoms with E-state index < -0.39 is 18.0 Å². The second kappa shape index (κ2) is 12.1. The van der Waals surface area contributed by atoms with Crippen molar-refractivity contribution in [3.8, 4) is 17.2 Å². The third-order valence-electron chi connectivity index (χ3n) is 6.08. The molecular weight excluding hydrogens is 520 g/mol. The molecule has 0 aliphatic carbocycles. The Hall–Kier alpha value is -4.18. The lowest BCUT2D eigenvalue weighted by Crippen LogP contribution is -2.40. The maximum Gasteiger partial charge on any atom is 0.338 e. The van der Waals surface area contributed by atoms with Gasteiger partial charge in [-0.05, 0) is 43.7 Å². The van der Waals surface area contributed by atoms with Crippen LogP contribution < -0.4 is 29.1 Å². The number of para-hydroxylation sites is 1. The van der Waals surface area contributed by atoms with E-state index >= 15 is 0 Å². The van der Waals surface area contributed by atoms with Gasteiger partial charge in [0.2, 0.25) is 0 Å². The molecular formula is C29H30N2O7S. The van der Waals surface area contributed by atoms with Crippen LogP contribution in [0, 0.1) is 0 Å². The number of hydrogen-bond donors (Lipinski definition) is 0. The Morgan fingerprint density at radius 3 is 2.51 bits per heavy atom. The lowest BCUT2D eigenvalue weighted by atomic mass is 9.93. The largest absolute Gasteiger partial charge is 0.497 e. The van der Waals surface area contributed by atoms with Gasteiger partial charge in [-0.1, -0.05) is 42.9 Å². The number of fused-ring (bicyclic) bond motifs is 1. The van der Waals surface area contributed by atoms with Gasteiger partial charge in [0, 0.05) is 18.1 Å². The third kappa shape index (κ3) is 5.65. The number of nitrogens with zero attached hydrogens (tertiary/aromatic N) is 2. The molecule has 2 aromatic carbocycles. The van der Waals surface area contributed by atoms with Crippen LogP contribution in [0.2, 0.25) is 0 Å². The van der Waals surface area contributed by atoms with Crippen LogP contribution >= 0.6 is 11.3 Å². The fourth-order valence-corrected chi connectivity index (χ4v) is 5.47. The van der Waals surface area contributed by atoms with E-state index in [1.165, 1.54) is 29.9 Å². The number of aromatic nitrogens is 1. The summed E-state index contributed by atoms with van der Waals surface area (Å²) in [5, 5.41) is 0. The summed E-state index contributed by atoms with van der Waals surface area (Å²) in [7, 11) is 3.07.